The first kappa shape index (κ1) is 13.4. The maximum absolute atomic E-state index is 12.2. The number of hydrogen-bond donors (Lipinski definition) is 1. The van der Waals surface area contributed by atoms with Gasteiger partial charge in [0.1, 0.15) is 0 Å². The van der Waals surface area contributed by atoms with Crippen molar-refractivity contribution in [3.8, 4) is 6.07 Å². The van der Waals surface area contributed by atoms with Crippen LogP contribution in [0.3, 0.4) is 0 Å². The Kier molecular flexibility index (Phi) is 4.56. The number of benzene rings is 1. The van der Waals surface area contributed by atoms with E-state index in [1.54, 1.807) is 0 Å². The smallest absolute Gasteiger partial charge is 0.395 e. The maximum atomic E-state index is 12.2. The first-order valence-corrected chi connectivity index (χ1v) is 3.24. The number of alkyl halides is 3. The molecule has 0 aliphatic heterocycles. The van der Waals surface area contributed by atoms with Gasteiger partial charge in [-0.2, -0.15) is 19.2 Å². The van der Waals surface area contributed by atoms with E-state index in [9.17, 15) is 13.2 Å². The van der Waals surface area contributed by atoms with E-state index in [0.717, 1.165) is 6.07 Å². The van der Waals surface area contributed by atoms with E-state index in [1.807, 2.05) is 6.07 Å². The van der Waals surface area contributed by atoms with Crippen LogP contribution in [0.25, 0.3) is 0 Å². The van der Waals surface area contributed by atoms with Crippen LogP contribution in [0.2, 0.25) is 0 Å². The largest absolute Gasteiger partial charge is 0.420 e. The molecule has 0 spiro atoms. The van der Waals surface area contributed by atoms with Crippen molar-refractivity contribution in [3.63, 3.8) is 0 Å². The summed E-state index contributed by atoms with van der Waals surface area (Å²) in [5.74, 6) is 0. The number of nitrogens with two attached hydrogens (primary N) is 1. The van der Waals surface area contributed by atoms with Crippen LogP contribution in [0.1, 0.15) is 11.1 Å². The van der Waals surface area contributed by atoms with Crippen LogP contribution in [-0.4, -0.2) is 0 Å². The van der Waals surface area contributed by atoms with Crippen molar-refractivity contribution in [2.24, 2.45) is 0 Å². The summed E-state index contributed by atoms with van der Waals surface area (Å²) in [5, 5.41) is 8.36. The molecule has 0 bridgehead atoms. The summed E-state index contributed by atoms with van der Waals surface area (Å²) in [6.45, 7) is 0. The summed E-state index contributed by atoms with van der Waals surface area (Å²) in [5.41, 5.74) is 3.39. The molecule has 1 rings (SSSR count). The predicted octanol–water partition coefficient (Wildman–Crippen LogP) is 1.96. The number of rotatable bonds is 0. The SMILES string of the molecule is N#Cc1ccc(N)[c-]c1C(F)(F)F.[Y]. The molecule has 6 heteroatoms. The number of nitriles is 1. The number of hydrogen-bond acceptors (Lipinski definition) is 2. The van der Waals surface area contributed by atoms with E-state index in [2.05, 4.69) is 0 Å². The molecule has 0 saturated carbocycles. The molecule has 0 unspecified atom stereocenters. The molecule has 71 valence electrons. The number of anilines is 1. The van der Waals surface area contributed by atoms with E-state index < -0.39 is 17.3 Å². The van der Waals surface area contributed by atoms with Crippen LogP contribution >= 0.6 is 0 Å². The van der Waals surface area contributed by atoms with E-state index in [0.29, 0.717) is 0 Å². The quantitative estimate of drug-likeness (QED) is 0.580. The molecule has 2 N–H and O–H groups in total. The van der Waals surface area contributed by atoms with Crippen molar-refractivity contribution >= 4 is 5.69 Å². The van der Waals surface area contributed by atoms with E-state index in [4.69, 9.17) is 11.0 Å². The summed E-state index contributed by atoms with van der Waals surface area (Å²) in [6, 6.07) is 5.54. The molecular formula is C8H4F3N2Y-. The van der Waals surface area contributed by atoms with Crippen LogP contribution in [0.5, 0.6) is 0 Å². The van der Waals surface area contributed by atoms with Gasteiger partial charge in [0.2, 0.25) is 0 Å². The standard InChI is InChI=1S/C8H4F3N2.Y/c9-8(10,11)7-3-6(13)2-1-5(7)4-12;/h1-2H,13H2;/q-1;. The van der Waals surface area contributed by atoms with Crippen molar-refractivity contribution in [3.05, 3.63) is 29.3 Å². The first-order chi connectivity index (χ1) is 5.95. The Morgan fingerprint density at radius 2 is 1.93 bits per heavy atom. The molecule has 1 aromatic carbocycles. The summed E-state index contributed by atoms with van der Waals surface area (Å²) in [7, 11) is 0. The molecule has 14 heavy (non-hydrogen) atoms. The van der Waals surface area contributed by atoms with Gasteiger partial charge in [-0.1, -0.05) is 5.69 Å². The minimum atomic E-state index is -4.58. The maximum Gasteiger partial charge on any atom is 0.395 e. The minimum absolute atomic E-state index is 0. The van der Waals surface area contributed by atoms with Gasteiger partial charge in [-0.05, 0) is 11.1 Å². The summed E-state index contributed by atoms with van der Waals surface area (Å²) >= 11 is 0. The predicted molar refractivity (Wildman–Crippen MR) is 39.4 cm³/mol. The number of halogens is 3. The molecule has 2 nitrogen and oxygen atoms in total. The van der Waals surface area contributed by atoms with Crippen LogP contribution < -0.4 is 5.73 Å². The van der Waals surface area contributed by atoms with Gasteiger partial charge < -0.3 is 5.73 Å². The Balaban J connectivity index is 0.00000169. The Morgan fingerprint density at radius 1 is 1.36 bits per heavy atom. The fourth-order valence-electron chi connectivity index (χ4n) is 0.827. The van der Waals surface area contributed by atoms with E-state index in [-0.39, 0.29) is 38.4 Å². The zero-order chi connectivity index (χ0) is 10.1. The van der Waals surface area contributed by atoms with Gasteiger partial charge in [0.15, 0.2) is 0 Å². The normalized spacial score (nSPS) is 10.1. The molecule has 0 heterocycles. The molecule has 0 aliphatic rings. The third-order valence-electron chi connectivity index (χ3n) is 1.37. The van der Waals surface area contributed by atoms with Crippen molar-refractivity contribution in [1.82, 2.24) is 0 Å². The van der Waals surface area contributed by atoms with Gasteiger partial charge in [-0.15, -0.1) is 12.1 Å². The Morgan fingerprint density at radius 3 is 2.36 bits per heavy atom. The molecule has 1 radical (unpaired) electrons. The molecule has 0 atom stereocenters. The second-order valence-electron chi connectivity index (χ2n) is 2.31. The van der Waals surface area contributed by atoms with Crippen molar-refractivity contribution in [2.45, 2.75) is 6.18 Å². The van der Waals surface area contributed by atoms with Gasteiger partial charge >= 0.3 is 6.18 Å². The van der Waals surface area contributed by atoms with Crippen LogP contribution in [0, 0.1) is 17.4 Å². The summed E-state index contributed by atoms with van der Waals surface area (Å²) < 4.78 is 36.5. The van der Waals surface area contributed by atoms with Gasteiger partial charge in [0, 0.05) is 38.8 Å². The number of nitrogen functional groups attached to an aromatic ring is 1. The average molecular weight is 274 g/mol. The molecule has 0 aliphatic carbocycles. The molecular weight excluding hydrogens is 270 g/mol. The number of nitrogens with zero attached hydrogens (tertiary/aromatic N) is 1. The topological polar surface area (TPSA) is 49.8 Å². The van der Waals surface area contributed by atoms with E-state index in [1.165, 1.54) is 12.1 Å². The summed E-state index contributed by atoms with van der Waals surface area (Å²) in [6.07, 6.45) is -4.58. The minimum Gasteiger partial charge on any atom is -0.420 e. The third kappa shape index (κ3) is 2.96. The second kappa shape index (κ2) is 4.76. The van der Waals surface area contributed by atoms with Crippen LogP contribution in [0.4, 0.5) is 18.9 Å². The van der Waals surface area contributed by atoms with Crippen molar-refractivity contribution in [1.29, 1.82) is 5.26 Å². The zero-order valence-corrected chi connectivity index (χ0v) is 9.73. The van der Waals surface area contributed by atoms with Crippen molar-refractivity contribution in [2.75, 3.05) is 5.73 Å². The van der Waals surface area contributed by atoms with E-state index >= 15 is 0 Å². The molecule has 0 aromatic heterocycles. The van der Waals surface area contributed by atoms with Crippen LogP contribution in [0.15, 0.2) is 12.1 Å². The Bertz CT molecular complexity index is 368. The fraction of sp³-hybridized carbons (Fsp3) is 0.125. The van der Waals surface area contributed by atoms with Gasteiger partial charge in [-0.25, -0.2) is 5.26 Å². The van der Waals surface area contributed by atoms with Gasteiger partial charge in [0.25, 0.3) is 0 Å². The monoisotopic (exact) mass is 274 g/mol. The molecule has 1 aromatic rings. The van der Waals surface area contributed by atoms with Gasteiger partial charge in [-0.3, -0.25) is 0 Å². The average Bonchev–Trinajstić information content (AvgIpc) is 2.03. The Hall–Kier alpha value is -0.596. The molecule has 0 fully saturated rings. The van der Waals surface area contributed by atoms with Gasteiger partial charge in [0.05, 0.1) is 0 Å². The second-order valence-corrected chi connectivity index (χ2v) is 2.31. The zero-order valence-electron chi connectivity index (χ0n) is 6.89. The first-order valence-electron chi connectivity index (χ1n) is 3.24. The molecule has 0 amide bonds. The molecule has 0 saturated heterocycles. The van der Waals surface area contributed by atoms with Crippen molar-refractivity contribution < 1.29 is 45.9 Å². The summed E-state index contributed by atoms with van der Waals surface area (Å²) in [4.78, 5) is 0. The Labute approximate surface area is 104 Å². The van der Waals surface area contributed by atoms with Crippen LogP contribution in [-0.2, 0) is 38.9 Å². The fourth-order valence-corrected chi connectivity index (χ4v) is 0.827. The third-order valence-corrected chi connectivity index (χ3v) is 1.37.